The normalized spacial score (nSPS) is 3.83. The van der Waals surface area contributed by atoms with E-state index in [4.69, 9.17) is 27.9 Å². The zero-order valence-electron chi connectivity index (χ0n) is 12.0. The van der Waals surface area contributed by atoms with E-state index in [2.05, 4.69) is 39.9 Å². The van der Waals surface area contributed by atoms with Crippen LogP contribution in [0.1, 0.15) is 0 Å². The van der Waals surface area contributed by atoms with Crippen molar-refractivity contribution in [3.05, 3.63) is 101 Å². The van der Waals surface area contributed by atoms with E-state index in [-0.39, 0.29) is 34.7 Å². The Morgan fingerprint density at radius 1 is 0.417 bits per heavy atom. The summed E-state index contributed by atoms with van der Waals surface area (Å²) < 4.78 is 45.0. The molecule has 8 heteroatoms. The van der Waals surface area contributed by atoms with E-state index in [0.29, 0.717) is 0 Å². The van der Waals surface area contributed by atoms with Crippen molar-refractivity contribution >= 4 is 0 Å². The molecule has 2 radical (unpaired) electrons. The Kier molecular flexibility index (Phi) is 265. The maximum atomic E-state index is 7.50. The minimum Gasteiger partial charge on any atom is -0.748 e. The van der Waals surface area contributed by atoms with Crippen LogP contribution in [0.4, 0.5) is 0 Å². The summed E-state index contributed by atoms with van der Waals surface area (Å²) in [6.45, 7) is 27.0. The minimum atomic E-state index is 0. The van der Waals surface area contributed by atoms with Crippen LogP contribution < -0.4 is 0 Å². The van der Waals surface area contributed by atoms with Gasteiger partial charge in [0.15, 0.2) is 0 Å². The van der Waals surface area contributed by atoms with Gasteiger partial charge < -0.3 is 30.3 Å². The van der Waals surface area contributed by atoms with Gasteiger partial charge in [0.1, 0.15) is 0 Å². The summed E-state index contributed by atoms with van der Waals surface area (Å²) in [5.74, 6) is 0. The van der Waals surface area contributed by atoms with Crippen molar-refractivity contribution in [1.29, 1.82) is 0 Å². The van der Waals surface area contributed by atoms with Crippen molar-refractivity contribution in [2.24, 2.45) is 0 Å². The summed E-state index contributed by atoms with van der Waals surface area (Å²) in [7, 11) is 0. The number of hydrogen-bond donors (Lipinski definition) is 0. The van der Waals surface area contributed by atoms with Crippen molar-refractivity contribution in [3.8, 4) is 0 Å². The molecule has 0 N–H and O–H groups in total. The van der Waals surface area contributed by atoms with Gasteiger partial charge in [-0.25, -0.2) is 12.1 Å². The van der Waals surface area contributed by atoms with Gasteiger partial charge in [0, 0.05) is 0 Å². The summed E-state index contributed by atoms with van der Waals surface area (Å²) in [4.78, 5) is 0. The van der Waals surface area contributed by atoms with Crippen molar-refractivity contribution in [2.45, 2.75) is 0 Å². The molecule has 0 bridgehead atoms. The molecule has 0 saturated carbocycles. The molecule has 0 amide bonds. The van der Waals surface area contributed by atoms with Gasteiger partial charge >= 0.3 is 103 Å². The molecule has 2 rings (SSSR count). The Morgan fingerprint density at radius 2 is 0.583 bits per heavy atom. The predicted molar refractivity (Wildman–Crippen MR) is 67.6 cm³/mol. The summed E-state index contributed by atoms with van der Waals surface area (Å²) in [6, 6.07) is 20.0. The number of rotatable bonds is 0. The third kappa shape index (κ3) is 111. The third-order valence-corrected chi connectivity index (χ3v) is 1.11. The second-order valence-corrected chi connectivity index (χ2v) is 1.92. The van der Waals surface area contributed by atoms with E-state index in [1.807, 2.05) is 60.7 Å². The average molecular weight is 402 g/mol. The fourth-order valence-electron chi connectivity index (χ4n) is 0.642. The van der Waals surface area contributed by atoms with Gasteiger partial charge in [0.2, 0.25) is 0 Å². The largest absolute Gasteiger partial charge is 5.00 e. The van der Waals surface area contributed by atoms with Gasteiger partial charge in [-0.15, -0.1) is 0 Å². The van der Waals surface area contributed by atoms with Gasteiger partial charge in [-0.05, 0) is 0 Å². The molecule has 6 nitrogen and oxygen atoms in total. The standard InChI is InChI=1S/2C5H5.6CO.2Cr/c2*1-2-4-5-3-1;6*1-2;;/h2*1-5H;;;;;;;;/q-5;-1;;;;;;;2*+5. The predicted octanol–water partition coefficient (Wildman–Crippen LogP) is 2.58. The zero-order chi connectivity index (χ0) is 19.1. The SMILES string of the molecule is [C-]#[O+].[C-]#[O+].[C-]#[O+].[C-]#[O+].[C-]#[O+].[C-]#[O+].[Cr+5].[Cr+5].[cH-]1[cH-][cH-][cH-][cH-]1.c1cc[cH-]c1. The molecule has 0 aromatic heterocycles. The van der Waals surface area contributed by atoms with Crippen LogP contribution in [-0.2, 0) is 62.6 Å². The maximum Gasteiger partial charge on any atom is 5.00 e. The van der Waals surface area contributed by atoms with Gasteiger partial charge in [0.05, 0.1) is 0 Å². The fraction of sp³-hybridized carbons (Fsp3) is 0. The summed E-state index contributed by atoms with van der Waals surface area (Å²) >= 11 is 0. The molecule has 2 aromatic carbocycles. The zero-order valence-corrected chi connectivity index (χ0v) is 14.6. The molecule has 0 atom stereocenters. The van der Waals surface area contributed by atoms with Gasteiger partial charge in [-0.3, -0.25) is 0 Å². The van der Waals surface area contributed by atoms with Crippen molar-refractivity contribution in [3.63, 3.8) is 0 Å². The van der Waals surface area contributed by atoms with E-state index < -0.39 is 0 Å². The van der Waals surface area contributed by atoms with E-state index in [9.17, 15) is 0 Å². The second-order valence-electron chi connectivity index (χ2n) is 1.92. The van der Waals surface area contributed by atoms with Crippen LogP contribution in [0.15, 0.2) is 60.7 Å². The van der Waals surface area contributed by atoms with Gasteiger partial charge in [-0.2, -0.15) is 18.2 Å². The smallest absolute Gasteiger partial charge is 0.748 e. The van der Waals surface area contributed by atoms with Crippen molar-refractivity contribution in [2.75, 3.05) is 0 Å². The molecule has 0 fully saturated rings. The second kappa shape index (κ2) is 129. The monoisotopic (exact) mass is 402 g/mol. The molecule has 0 aliphatic rings. The summed E-state index contributed by atoms with van der Waals surface area (Å²) in [5, 5.41) is 0. The molecule has 0 aliphatic heterocycles. The average Bonchev–Trinajstić information content (AvgIpc) is 3.43. The first kappa shape index (κ1) is 49.5. The Morgan fingerprint density at radius 3 is 0.667 bits per heavy atom. The fourth-order valence-corrected chi connectivity index (χ4v) is 0.642. The Hall–Kier alpha value is -1.80. The van der Waals surface area contributed by atoms with Crippen LogP contribution in [0.3, 0.4) is 0 Å². The molecule has 0 unspecified atom stereocenters. The van der Waals surface area contributed by atoms with Gasteiger partial charge in [0.25, 0.3) is 0 Å². The molecule has 0 saturated heterocycles. The van der Waals surface area contributed by atoms with E-state index in [1.54, 1.807) is 0 Å². The first-order valence-corrected chi connectivity index (χ1v) is 4.56. The van der Waals surface area contributed by atoms with Crippen LogP contribution in [0.25, 0.3) is 0 Å². The number of hydrogen-bond acceptors (Lipinski definition) is 0. The van der Waals surface area contributed by atoms with Crippen LogP contribution >= 0.6 is 0 Å². The first-order chi connectivity index (χ1) is 11.0. The van der Waals surface area contributed by atoms with Gasteiger partial charge in [-0.1, -0.05) is 0 Å². The minimum absolute atomic E-state index is 0. The van der Waals surface area contributed by atoms with Crippen molar-refractivity contribution in [1.82, 2.24) is 0 Å². The molecule has 0 heterocycles. The molecule has 0 aliphatic carbocycles. The topological polar surface area (TPSA) is 119 Å². The summed E-state index contributed by atoms with van der Waals surface area (Å²) in [6.07, 6.45) is 0. The Balaban J connectivity index is -0.0000000213. The Bertz CT molecular complexity index is 329. The molecule has 2 aromatic rings. The van der Waals surface area contributed by atoms with E-state index in [1.165, 1.54) is 0 Å². The maximum absolute atomic E-state index is 7.50. The van der Waals surface area contributed by atoms with Crippen LogP contribution in [0.5, 0.6) is 0 Å². The molecular formula is C16H10Cr2O6+4. The Labute approximate surface area is 163 Å². The molecule has 24 heavy (non-hydrogen) atoms. The van der Waals surface area contributed by atoms with Crippen LogP contribution in [-0.4, -0.2) is 0 Å². The van der Waals surface area contributed by atoms with Crippen LogP contribution in [0, 0.1) is 39.9 Å². The van der Waals surface area contributed by atoms with E-state index >= 15 is 0 Å². The van der Waals surface area contributed by atoms with E-state index in [0.717, 1.165) is 0 Å². The van der Waals surface area contributed by atoms with Crippen molar-refractivity contribution < 1.29 is 62.6 Å². The molecule has 118 valence electrons. The summed E-state index contributed by atoms with van der Waals surface area (Å²) in [5.41, 5.74) is 0. The van der Waals surface area contributed by atoms with Crippen LogP contribution in [0.2, 0.25) is 0 Å². The quantitative estimate of drug-likeness (QED) is 0.476. The molecule has 0 spiro atoms. The first-order valence-electron chi connectivity index (χ1n) is 4.56. The third-order valence-electron chi connectivity index (χ3n) is 1.11. The molecular weight excluding hydrogens is 392 g/mol.